The van der Waals surface area contributed by atoms with Gasteiger partial charge in [-0.05, 0) is 54.1 Å². The third-order valence-electron chi connectivity index (χ3n) is 2.92. The van der Waals surface area contributed by atoms with Crippen LogP contribution in [0.25, 0.3) is 0 Å². The van der Waals surface area contributed by atoms with Gasteiger partial charge in [0.2, 0.25) is 0 Å². The second-order valence-corrected chi connectivity index (χ2v) is 6.11. The van der Waals surface area contributed by atoms with Crippen LogP contribution in [0, 0.1) is 5.92 Å². The first-order valence-corrected chi connectivity index (χ1v) is 7.04. The van der Waals surface area contributed by atoms with Crippen LogP contribution in [0.1, 0.15) is 24.2 Å². The Morgan fingerprint density at radius 1 is 1.42 bits per heavy atom. The Bertz CT molecular complexity index is 447. The average Bonchev–Trinajstić information content (AvgIpc) is 2.26. The maximum atomic E-state index is 11.0. The van der Waals surface area contributed by atoms with Gasteiger partial charge in [0.1, 0.15) is 0 Å². The Labute approximate surface area is 122 Å². The van der Waals surface area contributed by atoms with Crippen molar-refractivity contribution in [1.82, 2.24) is 4.90 Å². The summed E-state index contributed by atoms with van der Waals surface area (Å²) in [7, 11) is 4.08. The Morgan fingerprint density at radius 2 is 2.05 bits per heavy atom. The van der Waals surface area contributed by atoms with Crippen molar-refractivity contribution in [1.29, 1.82) is 0 Å². The van der Waals surface area contributed by atoms with E-state index in [-0.39, 0.29) is 5.56 Å². The van der Waals surface area contributed by atoms with E-state index in [1.54, 1.807) is 12.1 Å². The minimum Gasteiger partial charge on any atom is -0.478 e. The summed E-state index contributed by atoms with van der Waals surface area (Å²) >= 11 is 3.29. The number of nitrogens with zero attached hydrogens (tertiary/aromatic N) is 1. The Hall–Kier alpha value is -1.07. The normalized spacial score (nSPS) is 12.8. The van der Waals surface area contributed by atoms with Gasteiger partial charge in [0.05, 0.1) is 5.56 Å². The van der Waals surface area contributed by atoms with Crippen molar-refractivity contribution in [2.45, 2.75) is 19.9 Å². The smallest absolute Gasteiger partial charge is 0.336 e. The van der Waals surface area contributed by atoms with Gasteiger partial charge in [0.25, 0.3) is 0 Å². The molecule has 1 atom stereocenters. The van der Waals surface area contributed by atoms with Gasteiger partial charge in [0.15, 0.2) is 0 Å². The van der Waals surface area contributed by atoms with E-state index < -0.39 is 5.97 Å². The van der Waals surface area contributed by atoms with Crippen LogP contribution < -0.4 is 5.32 Å². The number of nitrogens with one attached hydrogen (secondary N) is 1. The first-order chi connectivity index (χ1) is 8.81. The number of benzene rings is 1. The predicted octanol–water partition coefficient (Wildman–Crippen LogP) is 3.15. The van der Waals surface area contributed by atoms with Crippen molar-refractivity contribution in [2.24, 2.45) is 5.92 Å². The molecule has 0 heterocycles. The molecule has 0 aliphatic carbocycles. The molecular formula is C14H21BrN2O2. The molecule has 0 radical (unpaired) electrons. The molecule has 1 aromatic carbocycles. The molecule has 0 spiro atoms. The number of carboxylic acids is 1. The summed E-state index contributed by atoms with van der Waals surface area (Å²) < 4.78 is 0.595. The molecule has 1 unspecified atom stereocenters. The summed E-state index contributed by atoms with van der Waals surface area (Å²) in [4.78, 5) is 13.1. The fourth-order valence-electron chi connectivity index (χ4n) is 1.81. The number of halogens is 1. The summed E-state index contributed by atoms with van der Waals surface area (Å²) in [5.41, 5.74) is 1.21. The average molecular weight is 329 g/mol. The van der Waals surface area contributed by atoms with Gasteiger partial charge < -0.3 is 15.3 Å². The molecule has 0 amide bonds. The molecule has 0 fully saturated rings. The second-order valence-electron chi connectivity index (χ2n) is 5.26. The monoisotopic (exact) mass is 328 g/mol. The van der Waals surface area contributed by atoms with E-state index in [1.165, 1.54) is 0 Å². The minimum atomic E-state index is -0.924. The standard InChI is InChI=1S/C14H21BrN2O2/c1-9(2)13(8-17(3)4)16-10-5-6-11(14(18)19)12(15)7-10/h5-7,9,13,16H,8H2,1-4H3,(H,18,19). The zero-order valence-corrected chi connectivity index (χ0v) is 13.4. The third-order valence-corrected chi connectivity index (χ3v) is 3.57. The van der Waals surface area contributed by atoms with Gasteiger partial charge in [-0.1, -0.05) is 13.8 Å². The highest BCUT2D eigenvalue weighted by atomic mass is 79.9. The maximum Gasteiger partial charge on any atom is 0.336 e. The van der Waals surface area contributed by atoms with Crippen LogP contribution in [0.4, 0.5) is 5.69 Å². The van der Waals surface area contributed by atoms with E-state index in [1.807, 2.05) is 20.2 Å². The first kappa shape index (κ1) is 16.0. The molecule has 0 aliphatic rings. The molecule has 2 N–H and O–H groups in total. The van der Waals surface area contributed by atoms with Gasteiger partial charge in [-0.2, -0.15) is 0 Å². The lowest BCUT2D eigenvalue weighted by Gasteiger charge is -2.26. The molecule has 0 aromatic heterocycles. The summed E-state index contributed by atoms with van der Waals surface area (Å²) in [6.07, 6.45) is 0. The van der Waals surface area contributed by atoms with E-state index in [0.717, 1.165) is 12.2 Å². The highest BCUT2D eigenvalue weighted by Crippen LogP contribution is 2.23. The number of hydrogen-bond donors (Lipinski definition) is 2. The number of rotatable bonds is 6. The predicted molar refractivity (Wildman–Crippen MR) is 81.9 cm³/mol. The molecule has 4 nitrogen and oxygen atoms in total. The van der Waals surface area contributed by atoms with Crippen LogP contribution in [-0.4, -0.2) is 42.7 Å². The van der Waals surface area contributed by atoms with Gasteiger partial charge >= 0.3 is 5.97 Å². The molecule has 0 bridgehead atoms. The van der Waals surface area contributed by atoms with Gasteiger partial charge in [-0.15, -0.1) is 0 Å². The number of carboxylic acid groups (broad SMARTS) is 1. The lowest BCUT2D eigenvalue weighted by Crippen LogP contribution is -2.36. The number of aromatic carboxylic acids is 1. The summed E-state index contributed by atoms with van der Waals surface area (Å²) in [6.45, 7) is 5.26. The van der Waals surface area contributed by atoms with Crippen LogP contribution >= 0.6 is 15.9 Å². The van der Waals surface area contributed by atoms with Crippen molar-refractivity contribution in [3.8, 4) is 0 Å². The van der Waals surface area contributed by atoms with Crippen LogP contribution in [0.3, 0.4) is 0 Å². The molecule has 0 saturated heterocycles. The highest BCUT2D eigenvalue weighted by Gasteiger charge is 2.15. The summed E-state index contributed by atoms with van der Waals surface area (Å²) in [5.74, 6) is -0.438. The van der Waals surface area contributed by atoms with Gasteiger partial charge in [-0.25, -0.2) is 4.79 Å². The van der Waals surface area contributed by atoms with Crippen LogP contribution in [0.2, 0.25) is 0 Å². The van der Waals surface area contributed by atoms with Gasteiger partial charge in [-0.3, -0.25) is 0 Å². The second kappa shape index (κ2) is 6.91. The molecule has 5 heteroatoms. The van der Waals surface area contributed by atoms with Crippen molar-refractivity contribution in [3.05, 3.63) is 28.2 Å². The molecule has 106 valence electrons. The maximum absolute atomic E-state index is 11.0. The lowest BCUT2D eigenvalue weighted by atomic mass is 10.0. The first-order valence-electron chi connectivity index (χ1n) is 6.25. The highest BCUT2D eigenvalue weighted by molar-refractivity contribution is 9.10. The molecule has 19 heavy (non-hydrogen) atoms. The number of hydrogen-bond acceptors (Lipinski definition) is 3. The Balaban J connectivity index is 2.85. The number of carbonyl (C=O) groups is 1. The van der Waals surface area contributed by atoms with Gasteiger partial charge in [0, 0.05) is 22.7 Å². The van der Waals surface area contributed by atoms with Crippen molar-refractivity contribution in [3.63, 3.8) is 0 Å². The largest absolute Gasteiger partial charge is 0.478 e. The molecular weight excluding hydrogens is 308 g/mol. The fraction of sp³-hybridized carbons (Fsp3) is 0.500. The van der Waals surface area contributed by atoms with Crippen molar-refractivity contribution < 1.29 is 9.90 Å². The van der Waals surface area contributed by atoms with E-state index in [9.17, 15) is 4.79 Å². The van der Waals surface area contributed by atoms with Crippen LogP contribution in [0.5, 0.6) is 0 Å². The minimum absolute atomic E-state index is 0.277. The van der Waals surface area contributed by atoms with E-state index in [0.29, 0.717) is 16.4 Å². The fourth-order valence-corrected chi connectivity index (χ4v) is 2.36. The molecule has 0 saturated carbocycles. The Kier molecular flexibility index (Phi) is 5.82. The van der Waals surface area contributed by atoms with Crippen molar-refractivity contribution in [2.75, 3.05) is 26.0 Å². The number of likely N-dealkylation sites (N-methyl/N-ethyl adjacent to an activating group) is 1. The summed E-state index contributed by atoms with van der Waals surface area (Å²) in [6, 6.07) is 5.55. The van der Waals surface area contributed by atoms with E-state index in [4.69, 9.17) is 5.11 Å². The molecule has 1 rings (SSSR count). The topological polar surface area (TPSA) is 52.6 Å². The van der Waals surface area contributed by atoms with E-state index >= 15 is 0 Å². The molecule has 0 aliphatic heterocycles. The van der Waals surface area contributed by atoms with Crippen LogP contribution in [0.15, 0.2) is 22.7 Å². The third kappa shape index (κ3) is 4.84. The summed E-state index contributed by atoms with van der Waals surface area (Å²) in [5, 5.41) is 12.4. The SMILES string of the molecule is CC(C)C(CN(C)C)Nc1ccc(C(=O)O)c(Br)c1. The van der Waals surface area contributed by atoms with E-state index in [2.05, 4.69) is 40.0 Å². The van der Waals surface area contributed by atoms with Crippen molar-refractivity contribution >= 4 is 27.6 Å². The molecule has 1 aromatic rings. The zero-order chi connectivity index (χ0) is 14.6. The number of anilines is 1. The quantitative estimate of drug-likeness (QED) is 0.842. The Morgan fingerprint density at radius 3 is 2.47 bits per heavy atom. The van der Waals surface area contributed by atoms with Crippen LogP contribution in [-0.2, 0) is 0 Å². The zero-order valence-electron chi connectivity index (χ0n) is 11.8. The lowest BCUT2D eigenvalue weighted by molar-refractivity contribution is 0.0696.